The van der Waals surface area contributed by atoms with Crippen molar-refractivity contribution in [3.8, 4) is 18.1 Å². The molecule has 0 spiro atoms. The molecule has 0 aliphatic rings. The van der Waals surface area contributed by atoms with Crippen LogP contribution < -0.4 is 4.74 Å². The topological polar surface area (TPSA) is 29.5 Å². The fourth-order valence-electron chi connectivity index (χ4n) is 0.948. The van der Waals surface area contributed by atoms with Gasteiger partial charge in [0.2, 0.25) is 0 Å². The van der Waals surface area contributed by atoms with Crippen molar-refractivity contribution >= 4 is 0 Å². The summed E-state index contributed by atoms with van der Waals surface area (Å²) < 4.78 is 38.9. The molecule has 0 aliphatic heterocycles. The highest BCUT2D eigenvalue weighted by atomic mass is 19.4. The second-order valence-corrected chi connectivity index (χ2v) is 2.69. The van der Waals surface area contributed by atoms with Gasteiger partial charge in [0.25, 0.3) is 0 Å². The molecule has 15 heavy (non-hydrogen) atoms. The Morgan fingerprint density at radius 1 is 1.27 bits per heavy atom. The van der Waals surface area contributed by atoms with E-state index in [4.69, 9.17) is 11.5 Å². The van der Waals surface area contributed by atoms with Gasteiger partial charge in [-0.05, 0) is 17.7 Å². The smallest absolute Gasteiger partial charge is 0.406 e. The second kappa shape index (κ2) is 4.24. The number of hydrogen-bond donors (Lipinski definition) is 1. The molecule has 0 amide bonds. The average Bonchev–Trinajstić information content (AvgIpc) is 2.15. The molecule has 1 rings (SSSR count). The Hall–Kier alpha value is -1.67. The van der Waals surface area contributed by atoms with Crippen LogP contribution in [0.5, 0.6) is 5.75 Å². The maximum Gasteiger partial charge on any atom is 0.573 e. The predicted molar refractivity (Wildman–Crippen MR) is 46.9 cm³/mol. The zero-order valence-corrected chi connectivity index (χ0v) is 7.45. The van der Waals surface area contributed by atoms with E-state index in [0.29, 0.717) is 5.56 Å². The highest BCUT2D eigenvalue weighted by Crippen LogP contribution is 2.24. The maximum atomic E-state index is 11.8. The molecular weight excluding hydrogens is 209 g/mol. The van der Waals surface area contributed by atoms with Crippen LogP contribution in [0.15, 0.2) is 24.3 Å². The van der Waals surface area contributed by atoms with Gasteiger partial charge in [-0.3, -0.25) is 0 Å². The van der Waals surface area contributed by atoms with Crippen LogP contribution in [0, 0.1) is 12.3 Å². The van der Waals surface area contributed by atoms with Gasteiger partial charge in [-0.15, -0.1) is 19.6 Å². The number of aliphatic hydroxyl groups is 1. The SMILES string of the molecule is C#CC(O)c1ccc(OC(F)(F)F)cc1. The van der Waals surface area contributed by atoms with Crippen LogP contribution in [0.25, 0.3) is 0 Å². The molecule has 0 saturated heterocycles. The summed E-state index contributed by atoms with van der Waals surface area (Å²) in [6.07, 6.45) is -0.904. The van der Waals surface area contributed by atoms with Crippen molar-refractivity contribution in [2.45, 2.75) is 12.5 Å². The first-order valence-electron chi connectivity index (χ1n) is 3.92. The predicted octanol–water partition coefficient (Wildman–Crippen LogP) is 2.25. The van der Waals surface area contributed by atoms with Crippen LogP contribution in [0.3, 0.4) is 0 Å². The lowest BCUT2D eigenvalue weighted by Gasteiger charge is -2.09. The van der Waals surface area contributed by atoms with Gasteiger partial charge in [0.1, 0.15) is 11.9 Å². The lowest BCUT2D eigenvalue weighted by Crippen LogP contribution is -2.17. The van der Waals surface area contributed by atoms with E-state index in [1.807, 2.05) is 5.92 Å². The Bertz CT molecular complexity index is 362. The van der Waals surface area contributed by atoms with Crippen molar-refractivity contribution in [2.75, 3.05) is 0 Å². The first kappa shape index (κ1) is 11.4. The molecule has 1 aromatic carbocycles. The molecule has 0 saturated carbocycles. The Labute approximate surface area is 84.3 Å². The standard InChI is InChI=1S/C10H7F3O2/c1-2-9(14)7-3-5-8(6-4-7)15-10(11,12)13/h1,3-6,9,14H. The fourth-order valence-corrected chi connectivity index (χ4v) is 0.948. The summed E-state index contributed by atoms with van der Waals surface area (Å²) in [5, 5.41) is 9.15. The fraction of sp³-hybridized carbons (Fsp3) is 0.200. The van der Waals surface area contributed by atoms with Crippen molar-refractivity contribution in [1.29, 1.82) is 0 Å². The van der Waals surface area contributed by atoms with Gasteiger partial charge in [0, 0.05) is 0 Å². The third-order valence-corrected chi connectivity index (χ3v) is 1.59. The summed E-state index contributed by atoms with van der Waals surface area (Å²) >= 11 is 0. The van der Waals surface area contributed by atoms with E-state index < -0.39 is 12.5 Å². The molecule has 0 aromatic heterocycles. The van der Waals surface area contributed by atoms with Crippen LogP contribution in [0.2, 0.25) is 0 Å². The number of alkyl halides is 3. The van der Waals surface area contributed by atoms with Crippen molar-refractivity contribution in [3.63, 3.8) is 0 Å². The van der Waals surface area contributed by atoms with Gasteiger partial charge in [-0.1, -0.05) is 18.1 Å². The molecule has 1 unspecified atom stereocenters. The van der Waals surface area contributed by atoms with Crippen LogP contribution in [-0.2, 0) is 0 Å². The van der Waals surface area contributed by atoms with Gasteiger partial charge < -0.3 is 9.84 Å². The summed E-state index contributed by atoms with van der Waals surface area (Å²) in [6.45, 7) is 0. The van der Waals surface area contributed by atoms with E-state index in [1.54, 1.807) is 0 Å². The second-order valence-electron chi connectivity index (χ2n) is 2.69. The van der Waals surface area contributed by atoms with Crippen LogP contribution in [-0.4, -0.2) is 11.5 Å². The van der Waals surface area contributed by atoms with Crippen molar-refractivity contribution in [3.05, 3.63) is 29.8 Å². The summed E-state index contributed by atoms with van der Waals surface area (Å²) in [7, 11) is 0. The van der Waals surface area contributed by atoms with E-state index in [9.17, 15) is 13.2 Å². The van der Waals surface area contributed by atoms with Gasteiger partial charge in [0.05, 0.1) is 0 Å². The lowest BCUT2D eigenvalue weighted by molar-refractivity contribution is -0.274. The summed E-state index contributed by atoms with van der Waals surface area (Å²) in [5.74, 6) is 1.69. The van der Waals surface area contributed by atoms with Gasteiger partial charge in [-0.2, -0.15) is 0 Å². The van der Waals surface area contributed by atoms with Crippen LogP contribution in [0.1, 0.15) is 11.7 Å². The van der Waals surface area contributed by atoms with Crippen LogP contribution >= 0.6 is 0 Å². The number of hydrogen-bond acceptors (Lipinski definition) is 2. The van der Waals surface area contributed by atoms with Crippen molar-refractivity contribution in [1.82, 2.24) is 0 Å². The maximum absolute atomic E-state index is 11.8. The van der Waals surface area contributed by atoms with Crippen molar-refractivity contribution in [2.24, 2.45) is 0 Å². The van der Waals surface area contributed by atoms with Crippen molar-refractivity contribution < 1.29 is 23.0 Å². The highest BCUT2D eigenvalue weighted by Gasteiger charge is 2.30. The zero-order valence-electron chi connectivity index (χ0n) is 7.45. The minimum atomic E-state index is -4.72. The molecule has 1 N–H and O–H groups in total. The van der Waals surface area contributed by atoms with Gasteiger partial charge in [0.15, 0.2) is 0 Å². The molecule has 0 bridgehead atoms. The number of terminal acetylenes is 1. The Kier molecular flexibility index (Phi) is 3.22. The number of benzene rings is 1. The minimum absolute atomic E-state index is 0.340. The largest absolute Gasteiger partial charge is 0.573 e. The molecule has 2 nitrogen and oxygen atoms in total. The Morgan fingerprint density at radius 2 is 1.80 bits per heavy atom. The number of aliphatic hydroxyl groups excluding tert-OH is 1. The number of ether oxygens (including phenoxy) is 1. The van der Waals surface area contributed by atoms with E-state index in [0.717, 1.165) is 12.1 Å². The molecule has 1 aromatic rings. The summed E-state index contributed by atoms with van der Waals surface area (Å²) in [6, 6.07) is 4.71. The first-order chi connectivity index (χ1) is 6.92. The third kappa shape index (κ3) is 3.52. The number of rotatable bonds is 2. The highest BCUT2D eigenvalue weighted by molar-refractivity contribution is 5.31. The van der Waals surface area contributed by atoms with E-state index >= 15 is 0 Å². The monoisotopic (exact) mass is 216 g/mol. The quantitative estimate of drug-likeness (QED) is 0.768. The third-order valence-electron chi connectivity index (χ3n) is 1.59. The number of halogens is 3. The van der Waals surface area contributed by atoms with E-state index in [1.165, 1.54) is 12.1 Å². The molecule has 0 radical (unpaired) electrons. The summed E-state index contributed by atoms with van der Waals surface area (Å²) in [5.41, 5.74) is 0.340. The molecular formula is C10H7F3O2. The Balaban J connectivity index is 2.78. The molecule has 1 atom stereocenters. The normalized spacial score (nSPS) is 13.0. The minimum Gasteiger partial charge on any atom is -0.406 e. The van der Waals surface area contributed by atoms with Gasteiger partial charge in [-0.25, -0.2) is 0 Å². The van der Waals surface area contributed by atoms with E-state index in [2.05, 4.69) is 4.74 Å². The van der Waals surface area contributed by atoms with Crippen LogP contribution in [0.4, 0.5) is 13.2 Å². The van der Waals surface area contributed by atoms with Gasteiger partial charge >= 0.3 is 6.36 Å². The molecule has 0 aliphatic carbocycles. The molecule has 0 fully saturated rings. The zero-order chi connectivity index (χ0) is 11.5. The first-order valence-corrected chi connectivity index (χ1v) is 3.92. The lowest BCUT2D eigenvalue weighted by atomic mass is 10.1. The van der Waals surface area contributed by atoms with E-state index in [-0.39, 0.29) is 5.75 Å². The Morgan fingerprint density at radius 3 is 2.20 bits per heavy atom. The summed E-state index contributed by atoms with van der Waals surface area (Å²) in [4.78, 5) is 0. The average molecular weight is 216 g/mol. The molecule has 0 heterocycles. The molecule has 80 valence electrons. The molecule has 5 heteroatoms.